The Morgan fingerprint density at radius 2 is 1.14 bits per heavy atom. The summed E-state index contributed by atoms with van der Waals surface area (Å²) < 4.78 is 2.53. The lowest BCUT2D eigenvalue weighted by molar-refractivity contribution is -0.985. The Hall–Kier alpha value is 0.980. The Balaban J connectivity index is 0.000000980. The predicted molar refractivity (Wildman–Crippen MR) is 56.0 cm³/mol. The molecule has 0 aromatic carbocycles. The minimum Gasteiger partial charge on any atom is -1.00 e. The highest BCUT2D eigenvalue weighted by Crippen LogP contribution is 2.31. The van der Waals surface area contributed by atoms with Crippen molar-refractivity contribution < 1.29 is 25.9 Å². The van der Waals surface area contributed by atoms with Gasteiger partial charge in [-0.1, -0.05) is 0 Å². The maximum atomic E-state index is 5.84. The fourth-order valence-corrected chi connectivity index (χ4v) is 3.66. The molecule has 2 fully saturated rings. The van der Waals surface area contributed by atoms with E-state index in [2.05, 4.69) is 0 Å². The highest BCUT2D eigenvalue weighted by atomic mass is 79.9. The van der Waals surface area contributed by atoms with Gasteiger partial charge in [-0.2, -0.15) is 0 Å². The molecule has 0 aliphatic carbocycles. The molecule has 2 bridgehead atoms. The molecule has 2 aliphatic rings. The molecular weight excluding hydrogens is 287 g/mol. The van der Waals surface area contributed by atoms with Crippen LogP contribution < -0.4 is 17.0 Å². The van der Waals surface area contributed by atoms with Gasteiger partial charge in [0.25, 0.3) is 0 Å². The maximum absolute atomic E-state index is 5.84. The van der Waals surface area contributed by atoms with Gasteiger partial charge in [0.15, 0.2) is 0 Å². The maximum Gasteiger partial charge on any atom is 0.208 e. The van der Waals surface area contributed by atoms with Crippen LogP contribution in [0.25, 0.3) is 0 Å². The van der Waals surface area contributed by atoms with Crippen molar-refractivity contribution in [2.45, 2.75) is 0 Å². The third kappa shape index (κ3) is 2.22. The normalized spacial score (nSPS) is 39.9. The van der Waals surface area contributed by atoms with E-state index in [4.69, 9.17) is 23.2 Å². The van der Waals surface area contributed by atoms with Crippen molar-refractivity contribution in [3.63, 3.8) is 0 Å². The van der Waals surface area contributed by atoms with E-state index in [-0.39, 0.29) is 17.0 Å². The number of quaternary nitrogens is 2. The number of fused-ring (bicyclic) bond motifs is 2. The largest absolute Gasteiger partial charge is 1.00 e. The lowest BCUT2D eigenvalue weighted by Crippen LogP contribution is -3.00. The van der Waals surface area contributed by atoms with Gasteiger partial charge in [-0.3, -0.25) is 8.97 Å². The average molecular weight is 305 g/mol. The van der Waals surface area contributed by atoms with Crippen molar-refractivity contribution in [2.75, 3.05) is 57.7 Å². The molecule has 84 valence electrons. The average Bonchev–Trinajstić information content (AvgIpc) is 2.61. The second-order valence-electron chi connectivity index (χ2n) is 4.54. The molecule has 14 heavy (non-hydrogen) atoms. The number of nitrogens with zero attached hydrogens (tertiary/aromatic N) is 2. The number of hydrogen-bond donors (Lipinski definition) is 0. The molecule has 5 heteroatoms. The Kier molecular flexibility index (Phi) is 4.54. The molecule has 2 rings (SSSR count). The van der Waals surface area contributed by atoms with Gasteiger partial charge in [0.05, 0.1) is 24.8 Å². The van der Waals surface area contributed by atoms with E-state index in [1.165, 1.54) is 41.8 Å². The van der Waals surface area contributed by atoms with Crippen molar-refractivity contribution in [1.82, 2.24) is 0 Å². The standard InChI is InChI=1S/C9H18Cl2N2.BrH/c10-1-3-12-5-7-13(9-12,4-2-11)8-6-12;/h1-9H2;1H/q+2;/p-1. The monoisotopic (exact) mass is 303 g/mol. The molecule has 2 heterocycles. The van der Waals surface area contributed by atoms with Crippen LogP contribution in [0, 0.1) is 0 Å². The number of hydrogen-bond acceptors (Lipinski definition) is 0. The van der Waals surface area contributed by atoms with E-state index in [1.54, 1.807) is 0 Å². The molecule has 0 aromatic heterocycles. The first-order valence-electron chi connectivity index (χ1n) is 5.06. The van der Waals surface area contributed by atoms with Gasteiger partial charge in [-0.15, -0.1) is 23.2 Å². The van der Waals surface area contributed by atoms with E-state index >= 15 is 0 Å². The smallest absolute Gasteiger partial charge is 0.208 e. The molecule has 0 unspecified atom stereocenters. The first-order chi connectivity index (χ1) is 6.24. The number of halogens is 3. The fourth-order valence-electron chi connectivity index (χ4n) is 2.94. The number of piperazine rings is 1. The van der Waals surface area contributed by atoms with Gasteiger partial charge in [-0.05, 0) is 0 Å². The summed E-state index contributed by atoms with van der Waals surface area (Å²) in [6.07, 6.45) is 0. The lowest BCUT2D eigenvalue weighted by Gasteiger charge is -2.26. The predicted octanol–water partition coefficient (Wildman–Crippen LogP) is -1.91. The van der Waals surface area contributed by atoms with Crippen molar-refractivity contribution in [2.24, 2.45) is 0 Å². The van der Waals surface area contributed by atoms with Crippen molar-refractivity contribution >= 4 is 23.2 Å². The Bertz CT molecular complexity index is 173. The van der Waals surface area contributed by atoms with Crippen LogP contribution in [0.4, 0.5) is 0 Å². The Morgan fingerprint density at radius 3 is 1.43 bits per heavy atom. The minimum absolute atomic E-state index is 0. The molecule has 0 spiro atoms. The molecule has 0 amide bonds. The van der Waals surface area contributed by atoms with Crippen LogP contribution in [0.3, 0.4) is 0 Å². The summed E-state index contributed by atoms with van der Waals surface area (Å²) >= 11 is 11.7. The summed E-state index contributed by atoms with van der Waals surface area (Å²) in [4.78, 5) is 0. The first-order valence-corrected chi connectivity index (χ1v) is 6.13. The van der Waals surface area contributed by atoms with Gasteiger partial charge in [-0.25, -0.2) is 0 Å². The molecule has 2 nitrogen and oxygen atoms in total. The van der Waals surface area contributed by atoms with E-state index < -0.39 is 0 Å². The zero-order valence-corrected chi connectivity index (χ0v) is 11.5. The van der Waals surface area contributed by atoms with Crippen LogP contribution in [0.15, 0.2) is 0 Å². The van der Waals surface area contributed by atoms with E-state index in [9.17, 15) is 0 Å². The topological polar surface area (TPSA) is 0 Å². The molecule has 0 aromatic rings. The van der Waals surface area contributed by atoms with Crippen LogP contribution in [-0.4, -0.2) is 66.7 Å². The quantitative estimate of drug-likeness (QED) is 0.420. The van der Waals surface area contributed by atoms with Crippen LogP contribution in [-0.2, 0) is 0 Å². The molecule has 0 atom stereocenters. The second-order valence-corrected chi connectivity index (χ2v) is 5.30. The first kappa shape index (κ1) is 13.0. The lowest BCUT2D eigenvalue weighted by atomic mass is 10.3. The molecular formula is C9H18BrCl2N2+. The minimum atomic E-state index is 0. The van der Waals surface area contributed by atoms with Crippen molar-refractivity contribution in [1.29, 1.82) is 0 Å². The number of alkyl halides is 2. The van der Waals surface area contributed by atoms with E-state index in [0.29, 0.717) is 0 Å². The summed E-state index contributed by atoms with van der Waals surface area (Å²) in [5.74, 6) is 1.61. The summed E-state index contributed by atoms with van der Waals surface area (Å²) in [5.41, 5.74) is 0. The van der Waals surface area contributed by atoms with Gasteiger partial charge in [0.1, 0.15) is 26.2 Å². The second kappa shape index (κ2) is 4.88. The van der Waals surface area contributed by atoms with Crippen LogP contribution in [0.1, 0.15) is 0 Å². The molecule has 2 aliphatic heterocycles. The van der Waals surface area contributed by atoms with Gasteiger partial charge >= 0.3 is 0 Å². The summed E-state index contributed by atoms with van der Waals surface area (Å²) in [6, 6.07) is 0. The zero-order valence-electron chi connectivity index (χ0n) is 8.39. The van der Waals surface area contributed by atoms with Gasteiger partial charge in [0, 0.05) is 0 Å². The third-order valence-corrected chi connectivity index (χ3v) is 4.15. The molecule has 0 N–H and O–H groups in total. The highest BCUT2D eigenvalue weighted by Gasteiger charge is 2.54. The van der Waals surface area contributed by atoms with E-state index in [0.717, 1.165) is 24.8 Å². The van der Waals surface area contributed by atoms with Crippen LogP contribution >= 0.6 is 23.2 Å². The molecule has 2 saturated heterocycles. The van der Waals surface area contributed by atoms with Gasteiger partial charge in [0.2, 0.25) is 6.67 Å². The Morgan fingerprint density at radius 1 is 0.786 bits per heavy atom. The third-order valence-electron chi connectivity index (χ3n) is 3.82. The van der Waals surface area contributed by atoms with Crippen LogP contribution in [0.5, 0.6) is 0 Å². The Labute approximate surface area is 107 Å². The summed E-state index contributed by atoms with van der Waals surface area (Å²) in [7, 11) is 0. The fraction of sp³-hybridized carbons (Fsp3) is 1.00. The SMILES string of the molecule is ClCC[N+]12CC[N+](CCCl)(CC1)C2.[Br-]. The van der Waals surface area contributed by atoms with Gasteiger partial charge < -0.3 is 17.0 Å². The highest BCUT2D eigenvalue weighted by molar-refractivity contribution is 6.18. The molecule has 0 saturated carbocycles. The summed E-state index contributed by atoms with van der Waals surface area (Å²) in [6.45, 7) is 8.90. The molecule has 0 radical (unpaired) electrons. The zero-order chi connectivity index (χ0) is 9.36. The van der Waals surface area contributed by atoms with Crippen LogP contribution in [0.2, 0.25) is 0 Å². The number of rotatable bonds is 4. The van der Waals surface area contributed by atoms with Crippen molar-refractivity contribution in [3.8, 4) is 0 Å². The summed E-state index contributed by atoms with van der Waals surface area (Å²) in [5, 5.41) is 0. The van der Waals surface area contributed by atoms with Crippen molar-refractivity contribution in [3.05, 3.63) is 0 Å². The van der Waals surface area contributed by atoms with E-state index in [1.807, 2.05) is 0 Å².